The molecule has 0 unspecified atom stereocenters. The number of aromatic nitrogens is 2. The molecule has 2 heterocycles. The van der Waals surface area contributed by atoms with E-state index < -0.39 is 5.97 Å². The normalized spacial score (nSPS) is 11.5. The molecule has 120 valence electrons. The molecule has 3 aromatic rings. The van der Waals surface area contributed by atoms with Gasteiger partial charge in [0.25, 0.3) is 0 Å². The van der Waals surface area contributed by atoms with Crippen LogP contribution in [0, 0.1) is 6.92 Å². The predicted molar refractivity (Wildman–Crippen MR) is 93.7 cm³/mol. The second kappa shape index (κ2) is 5.81. The van der Waals surface area contributed by atoms with Gasteiger partial charge in [-0.1, -0.05) is 45.0 Å². The molecule has 0 amide bonds. The van der Waals surface area contributed by atoms with E-state index in [0.717, 1.165) is 27.5 Å². The Bertz CT molecular complexity index is 873. The van der Waals surface area contributed by atoms with Gasteiger partial charge in [-0.15, -0.1) is 11.3 Å². The fourth-order valence-corrected chi connectivity index (χ4v) is 4.00. The summed E-state index contributed by atoms with van der Waals surface area (Å²) in [7, 11) is 0. The minimum atomic E-state index is -0.935. The highest BCUT2D eigenvalue weighted by Gasteiger charge is 2.23. The molecular weight excluding hydrogens is 308 g/mol. The van der Waals surface area contributed by atoms with E-state index in [1.165, 1.54) is 5.56 Å². The molecule has 0 saturated heterocycles. The Labute approximate surface area is 139 Å². The zero-order valence-electron chi connectivity index (χ0n) is 13.8. The van der Waals surface area contributed by atoms with Gasteiger partial charge < -0.3 is 5.11 Å². The maximum Gasteiger partial charge on any atom is 0.354 e. The van der Waals surface area contributed by atoms with Crippen LogP contribution in [0.2, 0.25) is 0 Å². The molecule has 0 saturated carbocycles. The summed E-state index contributed by atoms with van der Waals surface area (Å²) in [6.45, 7) is 8.17. The monoisotopic (exact) mass is 328 g/mol. The highest BCUT2D eigenvalue weighted by Crippen LogP contribution is 2.34. The van der Waals surface area contributed by atoms with Crippen molar-refractivity contribution in [3.63, 3.8) is 0 Å². The number of hydrogen-bond donors (Lipinski definition) is 1. The third-order valence-electron chi connectivity index (χ3n) is 4.10. The highest BCUT2D eigenvalue weighted by molar-refractivity contribution is 7.17. The van der Waals surface area contributed by atoms with E-state index in [9.17, 15) is 9.90 Å². The number of rotatable bonds is 4. The zero-order chi connectivity index (χ0) is 16.7. The number of hydrogen-bond acceptors (Lipinski definition) is 3. The highest BCUT2D eigenvalue weighted by atomic mass is 32.1. The average Bonchev–Trinajstić information content (AvgIpc) is 3.00. The molecule has 0 aliphatic carbocycles. The summed E-state index contributed by atoms with van der Waals surface area (Å²) in [6.07, 6.45) is 0.855. The number of fused-ring (bicyclic) bond motifs is 1. The standard InChI is InChI=1S/C18H20N2O2S/c1-5-14-16(13-8-6-12(7-9-13)10(2)3)20-15(17(21)22)11(4)19-18(20)23-14/h6-10H,5H2,1-4H3,(H,21,22). The Kier molecular flexibility index (Phi) is 3.98. The van der Waals surface area contributed by atoms with Gasteiger partial charge >= 0.3 is 5.97 Å². The molecule has 3 rings (SSSR count). The Morgan fingerprint density at radius 2 is 1.96 bits per heavy atom. The number of nitrogens with zero attached hydrogens (tertiary/aromatic N) is 2. The average molecular weight is 328 g/mol. The van der Waals surface area contributed by atoms with Crippen molar-refractivity contribution in [1.82, 2.24) is 9.38 Å². The third kappa shape index (κ3) is 2.55. The number of aromatic carboxylic acids is 1. The predicted octanol–water partition coefficient (Wildman–Crippen LogP) is 4.76. The van der Waals surface area contributed by atoms with E-state index in [4.69, 9.17) is 0 Å². The van der Waals surface area contributed by atoms with E-state index >= 15 is 0 Å². The molecule has 5 heteroatoms. The summed E-state index contributed by atoms with van der Waals surface area (Å²) in [5, 5.41) is 9.57. The van der Waals surface area contributed by atoms with E-state index in [-0.39, 0.29) is 5.69 Å². The summed E-state index contributed by atoms with van der Waals surface area (Å²) in [4.78, 5) is 18.0. The Hall–Kier alpha value is -2.14. The lowest BCUT2D eigenvalue weighted by atomic mass is 10.0. The van der Waals surface area contributed by atoms with Crippen LogP contribution in [0.15, 0.2) is 24.3 Å². The van der Waals surface area contributed by atoms with Crippen molar-refractivity contribution in [1.29, 1.82) is 0 Å². The fourth-order valence-electron chi connectivity index (χ4n) is 2.87. The molecule has 2 aromatic heterocycles. The maximum absolute atomic E-state index is 11.7. The minimum Gasteiger partial charge on any atom is -0.477 e. The van der Waals surface area contributed by atoms with E-state index in [1.807, 2.05) is 0 Å². The van der Waals surface area contributed by atoms with Crippen LogP contribution in [0.25, 0.3) is 16.2 Å². The Morgan fingerprint density at radius 3 is 2.48 bits per heavy atom. The molecule has 0 radical (unpaired) electrons. The summed E-state index contributed by atoms with van der Waals surface area (Å²) in [5.41, 5.74) is 4.10. The van der Waals surface area contributed by atoms with Crippen LogP contribution in [0.5, 0.6) is 0 Å². The topological polar surface area (TPSA) is 54.6 Å². The van der Waals surface area contributed by atoms with Gasteiger partial charge in [0.15, 0.2) is 10.7 Å². The van der Waals surface area contributed by atoms with Gasteiger partial charge in [-0.2, -0.15) is 0 Å². The molecule has 0 atom stereocenters. The minimum absolute atomic E-state index is 0.263. The lowest BCUT2D eigenvalue weighted by molar-refractivity contribution is 0.0688. The summed E-state index contributed by atoms with van der Waals surface area (Å²) < 4.78 is 1.80. The van der Waals surface area contributed by atoms with Gasteiger partial charge in [0.1, 0.15) is 0 Å². The number of benzene rings is 1. The van der Waals surface area contributed by atoms with E-state index in [0.29, 0.717) is 11.6 Å². The van der Waals surface area contributed by atoms with Gasteiger partial charge in [0.05, 0.1) is 11.4 Å². The fraction of sp³-hybridized carbons (Fsp3) is 0.333. The van der Waals surface area contributed by atoms with Crippen LogP contribution >= 0.6 is 11.3 Å². The van der Waals surface area contributed by atoms with Crippen molar-refractivity contribution in [2.75, 3.05) is 0 Å². The number of carboxylic acids is 1. The molecule has 0 aliphatic rings. The molecule has 23 heavy (non-hydrogen) atoms. The lowest BCUT2D eigenvalue weighted by Gasteiger charge is -2.09. The number of imidazole rings is 1. The van der Waals surface area contributed by atoms with Crippen LogP contribution in [0.3, 0.4) is 0 Å². The molecule has 0 spiro atoms. The molecule has 1 N–H and O–H groups in total. The second-order valence-electron chi connectivity index (χ2n) is 5.97. The first kappa shape index (κ1) is 15.7. The molecular formula is C18H20N2O2S. The quantitative estimate of drug-likeness (QED) is 0.751. The van der Waals surface area contributed by atoms with Crippen molar-refractivity contribution in [2.45, 2.75) is 40.0 Å². The number of thiazole rings is 1. The van der Waals surface area contributed by atoms with Crippen LogP contribution < -0.4 is 0 Å². The first-order chi connectivity index (χ1) is 10.9. The number of aryl methyl sites for hydroxylation is 2. The largest absolute Gasteiger partial charge is 0.477 e. The summed E-state index contributed by atoms with van der Waals surface area (Å²) >= 11 is 1.57. The first-order valence-electron chi connectivity index (χ1n) is 7.78. The molecule has 0 bridgehead atoms. The van der Waals surface area contributed by atoms with Crippen molar-refractivity contribution in [3.8, 4) is 11.3 Å². The first-order valence-corrected chi connectivity index (χ1v) is 8.60. The molecule has 0 aliphatic heterocycles. The van der Waals surface area contributed by atoms with Gasteiger partial charge in [0, 0.05) is 4.88 Å². The second-order valence-corrected chi connectivity index (χ2v) is 7.04. The number of carbonyl (C=O) groups is 1. The Morgan fingerprint density at radius 1 is 1.30 bits per heavy atom. The van der Waals surface area contributed by atoms with Gasteiger partial charge in [-0.3, -0.25) is 4.40 Å². The lowest BCUT2D eigenvalue weighted by Crippen LogP contribution is -2.05. The van der Waals surface area contributed by atoms with Crippen LogP contribution in [0.1, 0.15) is 53.3 Å². The van der Waals surface area contributed by atoms with Crippen molar-refractivity contribution >= 4 is 22.3 Å². The van der Waals surface area contributed by atoms with Crippen molar-refractivity contribution < 1.29 is 9.90 Å². The molecule has 4 nitrogen and oxygen atoms in total. The van der Waals surface area contributed by atoms with E-state index in [1.54, 1.807) is 22.7 Å². The SMILES string of the molecule is CCc1sc2nc(C)c(C(=O)O)n2c1-c1ccc(C(C)C)cc1. The Balaban J connectivity index is 2.28. The maximum atomic E-state index is 11.7. The van der Waals surface area contributed by atoms with Crippen LogP contribution in [0.4, 0.5) is 0 Å². The van der Waals surface area contributed by atoms with Crippen LogP contribution in [-0.2, 0) is 6.42 Å². The van der Waals surface area contributed by atoms with Gasteiger partial charge in [-0.25, -0.2) is 9.78 Å². The zero-order valence-corrected chi connectivity index (χ0v) is 14.6. The third-order valence-corrected chi connectivity index (χ3v) is 5.28. The summed E-state index contributed by atoms with van der Waals surface area (Å²) in [6, 6.07) is 8.40. The van der Waals surface area contributed by atoms with E-state index in [2.05, 4.69) is 50.0 Å². The van der Waals surface area contributed by atoms with Gasteiger partial charge in [-0.05, 0) is 30.4 Å². The smallest absolute Gasteiger partial charge is 0.354 e. The van der Waals surface area contributed by atoms with Crippen molar-refractivity contribution in [3.05, 3.63) is 46.1 Å². The summed E-state index contributed by atoms with van der Waals surface area (Å²) in [5.74, 6) is -0.460. The van der Waals surface area contributed by atoms with Gasteiger partial charge in [0.2, 0.25) is 0 Å². The van der Waals surface area contributed by atoms with Crippen molar-refractivity contribution in [2.24, 2.45) is 0 Å². The number of carboxylic acid groups (broad SMARTS) is 1. The van der Waals surface area contributed by atoms with Crippen LogP contribution in [-0.4, -0.2) is 20.5 Å². The molecule has 1 aromatic carbocycles. The molecule has 0 fully saturated rings.